The van der Waals surface area contributed by atoms with Gasteiger partial charge in [0.1, 0.15) is 0 Å². The fourth-order valence-electron chi connectivity index (χ4n) is 4.30. The number of hydrogen-bond donors (Lipinski definition) is 0. The lowest BCUT2D eigenvalue weighted by Gasteiger charge is -2.62. The molecule has 0 amide bonds. The van der Waals surface area contributed by atoms with Crippen LogP contribution in [0.5, 0.6) is 0 Å². The maximum Gasteiger partial charge on any atom is 0.0824 e. The third kappa shape index (κ3) is 1.57. The molecule has 0 aromatic heterocycles. The molecule has 0 aromatic rings. The van der Waals surface area contributed by atoms with E-state index in [2.05, 4.69) is 31.4 Å². The third-order valence-electron chi connectivity index (χ3n) is 4.84. The largest absolute Gasteiger partial charge is 0.298 e. The summed E-state index contributed by atoms with van der Waals surface area (Å²) in [5.41, 5.74) is 0. The zero-order valence-corrected chi connectivity index (χ0v) is 10.8. The van der Waals surface area contributed by atoms with Crippen molar-refractivity contribution in [3.8, 4) is 0 Å². The molecule has 1 atom stereocenters. The first-order valence-corrected chi connectivity index (χ1v) is 7.02. The van der Waals surface area contributed by atoms with Crippen LogP contribution in [0, 0.1) is 0 Å². The van der Waals surface area contributed by atoms with E-state index in [1.807, 2.05) is 0 Å². The SMILES string of the molecule is CCN1CCCC1C1N2CN3CN(C2)CN1C3. The van der Waals surface area contributed by atoms with E-state index >= 15 is 0 Å². The molecule has 0 aromatic carbocycles. The lowest BCUT2D eigenvalue weighted by Crippen LogP contribution is -2.78. The van der Waals surface area contributed by atoms with Crippen LogP contribution in [0.4, 0.5) is 0 Å². The van der Waals surface area contributed by atoms with Gasteiger partial charge in [0, 0.05) is 6.04 Å². The fraction of sp³-hybridized carbons (Fsp3) is 1.00. The summed E-state index contributed by atoms with van der Waals surface area (Å²) >= 11 is 0. The lowest BCUT2D eigenvalue weighted by molar-refractivity contribution is -0.242. The van der Waals surface area contributed by atoms with Crippen LogP contribution in [0.1, 0.15) is 19.8 Å². The van der Waals surface area contributed by atoms with Crippen LogP contribution in [-0.2, 0) is 0 Å². The Morgan fingerprint density at radius 2 is 1.59 bits per heavy atom. The van der Waals surface area contributed by atoms with Gasteiger partial charge in [-0.05, 0) is 25.9 Å². The monoisotopic (exact) mass is 237 g/mol. The Balaban J connectivity index is 1.57. The molecule has 5 heterocycles. The van der Waals surface area contributed by atoms with E-state index in [0.29, 0.717) is 6.17 Å². The van der Waals surface area contributed by atoms with E-state index in [4.69, 9.17) is 0 Å². The van der Waals surface area contributed by atoms with Crippen LogP contribution in [0.2, 0.25) is 0 Å². The number of nitrogens with zero attached hydrogens (tertiary/aromatic N) is 5. The molecule has 0 radical (unpaired) electrons. The summed E-state index contributed by atoms with van der Waals surface area (Å²) in [4.78, 5) is 13.1. The standard InChI is InChI=1S/C12H23N5/c1-2-15-5-3-4-11(15)12-16-7-13-6-14(9-16)10-17(12)8-13/h11-12H,2-10H2,1H3. The van der Waals surface area contributed by atoms with E-state index < -0.39 is 0 Å². The van der Waals surface area contributed by atoms with Crippen LogP contribution in [-0.4, -0.2) is 83.1 Å². The lowest BCUT2D eigenvalue weighted by atomic mass is 10.1. The van der Waals surface area contributed by atoms with Crippen molar-refractivity contribution >= 4 is 0 Å². The second-order valence-electron chi connectivity index (χ2n) is 5.98. The van der Waals surface area contributed by atoms with Crippen LogP contribution >= 0.6 is 0 Å². The Morgan fingerprint density at radius 1 is 0.941 bits per heavy atom. The Bertz CT molecular complexity index is 279. The van der Waals surface area contributed by atoms with Crippen molar-refractivity contribution in [2.45, 2.75) is 32.0 Å². The van der Waals surface area contributed by atoms with Crippen molar-refractivity contribution in [2.24, 2.45) is 0 Å². The third-order valence-corrected chi connectivity index (χ3v) is 4.84. The highest BCUT2D eigenvalue weighted by molar-refractivity contribution is 4.96. The van der Waals surface area contributed by atoms with Gasteiger partial charge in [0.2, 0.25) is 0 Å². The zero-order valence-electron chi connectivity index (χ0n) is 10.8. The van der Waals surface area contributed by atoms with Gasteiger partial charge in [0.05, 0.1) is 39.5 Å². The van der Waals surface area contributed by atoms with Crippen LogP contribution in [0.25, 0.3) is 0 Å². The van der Waals surface area contributed by atoms with Gasteiger partial charge in [-0.3, -0.25) is 24.5 Å². The molecule has 1 unspecified atom stereocenters. The van der Waals surface area contributed by atoms with Gasteiger partial charge in [-0.15, -0.1) is 0 Å². The van der Waals surface area contributed by atoms with Crippen molar-refractivity contribution in [3.05, 3.63) is 0 Å². The quantitative estimate of drug-likeness (QED) is 0.661. The average molecular weight is 237 g/mol. The Labute approximate surface area is 104 Å². The molecular formula is C12H23N5. The highest BCUT2D eigenvalue weighted by Gasteiger charge is 2.48. The number of hydrogen-bond acceptors (Lipinski definition) is 5. The smallest absolute Gasteiger partial charge is 0.0824 e. The molecular weight excluding hydrogens is 214 g/mol. The first-order valence-electron chi connectivity index (χ1n) is 7.02. The van der Waals surface area contributed by atoms with Crippen LogP contribution in [0.3, 0.4) is 0 Å². The molecule has 0 spiro atoms. The minimum absolute atomic E-state index is 0.685. The highest BCUT2D eigenvalue weighted by Crippen LogP contribution is 2.33. The predicted molar refractivity (Wildman–Crippen MR) is 65.7 cm³/mol. The van der Waals surface area contributed by atoms with Gasteiger partial charge in [-0.1, -0.05) is 6.92 Å². The summed E-state index contributed by atoms with van der Waals surface area (Å²) in [6.07, 6.45) is 3.47. The topological polar surface area (TPSA) is 16.2 Å². The first-order chi connectivity index (χ1) is 8.35. The number of rotatable bonds is 2. The van der Waals surface area contributed by atoms with Gasteiger partial charge in [-0.25, -0.2) is 0 Å². The molecule has 5 rings (SSSR count). The Morgan fingerprint density at radius 3 is 2.18 bits per heavy atom. The number of likely N-dealkylation sites (tertiary alicyclic amines) is 1. The molecule has 5 fully saturated rings. The van der Waals surface area contributed by atoms with Crippen molar-refractivity contribution in [2.75, 3.05) is 46.4 Å². The van der Waals surface area contributed by atoms with Gasteiger partial charge in [0.15, 0.2) is 0 Å². The summed E-state index contributed by atoms with van der Waals surface area (Å²) < 4.78 is 0. The van der Waals surface area contributed by atoms with Crippen LogP contribution in [0.15, 0.2) is 0 Å². The summed E-state index contributed by atoms with van der Waals surface area (Å²) in [6.45, 7) is 10.8. The Hall–Kier alpha value is -0.200. The fourth-order valence-corrected chi connectivity index (χ4v) is 4.30. The summed E-state index contributed by atoms with van der Waals surface area (Å²) in [5, 5.41) is 0. The zero-order chi connectivity index (χ0) is 11.4. The summed E-state index contributed by atoms with van der Waals surface area (Å²) in [6, 6.07) is 0.780. The molecule has 5 saturated heterocycles. The maximum absolute atomic E-state index is 2.69. The molecule has 5 aliphatic rings. The maximum atomic E-state index is 2.69. The van der Waals surface area contributed by atoms with Crippen LogP contribution < -0.4 is 0 Å². The van der Waals surface area contributed by atoms with E-state index in [9.17, 15) is 0 Å². The van der Waals surface area contributed by atoms with E-state index in [0.717, 1.165) is 6.04 Å². The number of likely N-dealkylation sites (N-methyl/N-ethyl adjacent to an activating group) is 1. The molecule has 4 bridgehead atoms. The van der Waals surface area contributed by atoms with Gasteiger partial charge in [-0.2, -0.15) is 0 Å². The highest BCUT2D eigenvalue weighted by atomic mass is 15.7. The van der Waals surface area contributed by atoms with Gasteiger partial charge >= 0.3 is 0 Å². The van der Waals surface area contributed by atoms with Gasteiger partial charge in [0.25, 0.3) is 0 Å². The molecule has 17 heavy (non-hydrogen) atoms. The van der Waals surface area contributed by atoms with E-state index in [-0.39, 0.29) is 0 Å². The minimum atomic E-state index is 0.685. The van der Waals surface area contributed by atoms with Crippen molar-refractivity contribution in [3.63, 3.8) is 0 Å². The summed E-state index contributed by atoms with van der Waals surface area (Å²) in [5.74, 6) is 0. The minimum Gasteiger partial charge on any atom is -0.298 e. The normalized spacial score (nSPS) is 53.5. The molecule has 0 saturated carbocycles. The predicted octanol–water partition coefficient (Wildman–Crippen LogP) is -0.167. The average Bonchev–Trinajstić information content (AvgIpc) is 2.75. The second-order valence-corrected chi connectivity index (χ2v) is 5.98. The Kier molecular flexibility index (Phi) is 2.45. The molecule has 5 nitrogen and oxygen atoms in total. The van der Waals surface area contributed by atoms with Crippen molar-refractivity contribution in [1.82, 2.24) is 24.5 Å². The summed E-state index contributed by atoms with van der Waals surface area (Å²) in [7, 11) is 0. The first kappa shape index (κ1) is 10.7. The second kappa shape index (κ2) is 3.90. The van der Waals surface area contributed by atoms with Gasteiger partial charge < -0.3 is 0 Å². The van der Waals surface area contributed by atoms with Crippen molar-refractivity contribution in [1.29, 1.82) is 0 Å². The molecule has 96 valence electrons. The molecule has 0 N–H and O–H groups in total. The molecule has 5 heteroatoms. The molecule has 0 aliphatic carbocycles. The van der Waals surface area contributed by atoms with E-state index in [1.165, 1.54) is 59.3 Å². The van der Waals surface area contributed by atoms with E-state index in [1.54, 1.807) is 0 Å². The molecule has 5 aliphatic heterocycles. The van der Waals surface area contributed by atoms with Crippen molar-refractivity contribution < 1.29 is 0 Å².